The van der Waals surface area contributed by atoms with Crippen LogP contribution in [0.1, 0.15) is 37.3 Å². The van der Waals surface area contributed by atoms with E-state index in [0.29, 0.717) is 5.69 Å². The molecule has 1 N–H and O–H groups in total. The highest BCUT2D eigenvalue weighted by Crippen LogP contribution is 2.40. The second-order valence-electron chi connectivity index (χ2n) is 9.74. The number of anilines is 2. The molecule has 2 fully saturated rings. The monoisotopic (exact) mass is 555 g/mol. The summed E-state index contributed by atoms with van der Waals surface area (Å²) in [6.07, 6.45) is -0.784. The topological polar surface area (TPSA) is 69.7 Å². The Kier molecular flexibility index (Phi) is 7.36. The zero-order valence-corrected chi connectivity index (χ0v) is 21.5. The van der Waals surface area contributed by atoms with Crippen LogP contribution in [0.3, 0.4) is 0 Å². The first-order chi connectivity index (χ1) is 18.6. The molecule has 2 unspecified atom stereocenters. The number of nitrogens with zero attached hydrogens (tertiary/aromatic N) is 2. The summed E-state index contributed by atoms with van der Waals surface area (Å²) in [5.74, 6) is -5.17. The van der Waals surface area contributed by atoms with Gasteiger partial charge in [-0.2, -0.15) is 0 Å². The lowest BCUT2D eigenvalue weighted by Crippen LogP contribution is -2.56. The molecule has 1 aliphatic heterocycles. The van der Waals surface area contributed by atoms with E-state index in [-0.39, 0.29) is 35.0 Å². The van der Waals surface area contributed by atoms with E-state index in [1.54, 1.807) is 48.5 Å². The van der Waals surface area contributed by atoms with Crippen LogP contribution < -0.4 is 15.1 Å². The summed E-state index contributed by atoms with van der Waals surface area (Å²) in [6, 6.07) is 17.0. The van der Waals surface area contributed by atoms with Crippen LogP contribution in [-0.2, 0) is 14.4 Å². The lowest BCUT2D eigenvalue weighted by Gasteiger charge is -2.39. The largest absolute Gasteiger partial charge is 0.351 e. The van der Waals surface area contributed by atoms with E-state index in [2.05, 4.69) is 5.32 Å². The summed E-state index contributed by atoms with van der Waals surface area (Å²) in [5.41, 5.74) is 0.801. The van der Waals surface area contributed by atoms with Crippen LogP contribution in [0.5, 0.6) is 0 Å². The number of hydrogen-bond donors (Lipinski definition) is 1. The van der Waals surface area contributed by atoms with Crippen molar-refractivity contribution in [1.82, 2.24) is 5.32 Å². The Morgan fingerprint density at radius 1 is 1.00 bits per heavy atom. The van der Waals surface area contributed by atoms with Crippen LogP contribution in [-0.4, -0.2) is 35.7 Å². The van der Waals surface area contributed by atoms with E-state index in [4.69, 9.17) is 11.6 Å². The third kappa shape index (κ3) is 5.49. The molecule has 202 valence electrons. The normalized spacial score (nSPS) is 19.3. The van der Waals surface area contributed by atoms with Crippen LogP contribution in [0, 0.1) is 5.82 Å². The van der Waals surface area contributed by atoms with Gasteiger partial charge in [-0.15, -0.1) is 0 Å². The number of benzene rings is 3. The smallest absolute Gasteiger partial charge is 0.252 e. The first-order valence-electron chi connectivity index (χ1n) is 12.5. The molecule has 2 aliphatic rings. The van der Waals surface area contributed by atoms with Crippen molar-refractivity contribution in [3.05, 3.63) is 95.3 Å². The fourth-order valence-corrected chi connectivity index (χ4v) is 5.40. The summed E-state index contributed by atoms with van der Waals surface area (Å²) >= 11 is 6.49. The number of carbonyl (C=O) groups excluding carboxylic acids is 3. The van der Waals surface area contributed by atoms with E-state index in [1.807, 2.05) is 0 Å². The van der Waals surface area contributed by atoms with Gasteiger partial charge in [-0.05, 0) is 42.8 Å². The minimum absolute atomic E-state index is 0.0615. The van der Waals surface area contributed by atoms with Crippen LogP contribution in [0.2, 0.25) is 5.02 Å². The van der Waals surface area contributed by atoms with Crippen molar-refractivity contribution < 1.29 is 27.6 Å². The molecule has 1 saturated carbocycles. The zero-order valence-electron chi connectivity index (χ0n) is 20.7. The summed E-state index contributed by atoms with van der Waals surface area (Å²) in [7, 11) is 0. The van der Waals surface area contributed by atoms with Crippen LogP contribution in [0.25, 0.3) is 0 Å². The van der Waals surface area contributed by atoms with E-state index in [1.165, 1.54) is 29.2 Å². The second-order valence-corrected chi connectivity index (χ2v) is 10.1. The second kappa shape index (κ2) is 10.7. The number of halogens is 4. The van der Waals surface area contributed by atoms with Crippen LogP contribution >= 0.6 is 11.6 Å². The lowest BCUT2D eigenvalue weighted by molar-refractivity contribution is -0.133. The predicted octanol–water partition coefficient (Wildman–Crippen LogP) is 5.66. The molecular formula is C29H25ClF3N3O3. The molecule has 1 aliphatic carbocycles. The van der Waals surface area contributed by atoms with Gasteiger partial charge in [-0.3, -0.25) is 24.2 Å². The Hall–Kier alpha value is -3.85. The molecule has 3 aromatic rings. The van der Waals surface area contributed by atoms with Gasteiger partial charge in [0.1, 0.15) is 17.9 Å². The van der Waals surface area contributed by atoms with Gasteiger partial charge >= 0.3 is 0 Å². The molecule has 39 heavy (non-hydrogen) atoms. The molecule has 0 radical (unpaired) electrons. The summed E-state index contributed by atoms with van der Waals surface area (Å²) in [6.45, 7) is 0. The Morgan fingerprint density at radius 3 is 2.36 bits per heavy atom. The average Bonchev–Trinajstić information content (AvgIpc) is 3.28. The molecule has 1 saturated heterocycles. The van der Waals surface area contributed by atoms with Gasteiger partial charge in [-0.1, -0.05) is 54.1 Å². The maximum Gasteiger partial charge on any atom is 0.252 e. The Labute approximate surface area is 228 Å². The highest BCUT2D eigenvalue weighted by molar-refractivity contribution is 6.31. The predicted molar refractivity (Wildman–Crippen MR) is 141 cm³/mol. The van der Waals surface area contributed by atoms with Crippen LogP contribution in [0.15, 0.2) is 78.9 Å². The van der Waals surface area contributed by atoms with Gasteiger partial charge in [-0.25, -0.2) is 13.2 Å². The van der Waals surface area contributed by atoms with Crippen LogP contribution in [0.4, 0.5) is 24.5 Å². The van der Waals surface area contributed by atoms with Gasteiger partial charge in [0.15, 0.2) is 0 Å². The summed E-state index contributed by atoms with van der Waals surface area (Å²) in [4.78, 5) is 43.5. The van der Waals surface area contributed by atoms with Gasteiger partial charge in [0.2, 0.25) is 11.8 Å². The van der Waals surface area contributed by atoms with Crippen molar-refractivity contribution in [2.24, 2.45) is 0 Å². The lowest BCUT2D eigenvalue weighted by atomic mass is 9.87. The minimum Gasteiger partial charge on any atom is -0.351 e. The first-order valence-corrected chi connectivity index (χ1v) is 12.9. The van der Waals surface area contributed by atoms with Gasteiger partial charge < -0.3 is 5.32 Å². The van der Waals surface area contributed by atoms with Gasteiger partial charge in [0.05, 0.1) is 0 Å². The maximum absolute atomic E-state index is 14.5. The molecule has 0 spiro atoms. The molecule has 0 aromatic heterocycles. The molecular weight excluding hydrogens is 531 g/mol. The highest BCUT2D eigenvalue weighted by atomic mass is 35.5. The molecule has 3 amide bonds. The van der Waals surface area contributed by atoms with Gasteiger partial charge in [0, 0.05) is 47.3 Å². The average molecular weight is 556 g/mol. The third-order valence-electron chi connectivity index (χ3n) is 7.00. The summed E-state index contributed by atoms with van der Waals surface area (Å²) in [5, 5.41) is 2.77. The molecule has 5 rings (SSSR count). The molecule has 1 heterocycles. The SMILES string of the molecule is O=C(NC1CC(F)(F)C1)C(c1ccccc1Cl)N(C(=O)C1CCC(=O)N1c1ccccc1)c1cccc(F)c1. The molecule has 6 nitrogen and oxygen atoms in total. The molecule has 10 heteroatoms. The Morgan fingerprint density at radius 2 is 1.69 bits per heavy atom. The van der Waals surface area contributed by atoms with Crippen molar-refractivity contribution in [3.8, 4) is 0 Å². The van der Waals surface area contributed by atoms with E-state index >= 15 is 0 Å². The minimum atomic E-state index is -2.88. The fourth-order valence-electron chi connectivity index (χ4n) is 5.16. The number of para-hydroxylation sites is 1. The maximum atomic E-state index is 14.5. The highest BCUT2D eigenvalue weighted by Gasteiger charge is 2.48. The number of rotatable bonds is 7. The van der Waals surface area contributed by atoms with Crippen molar-refractivity contribution in [3.63, 3.8) is 0 Å². The summed E-state index contributed by atoms with van der Waals surface area (Å²) < 4.78 is 41.6. The number of nitrogens with one attached hydrogen (secondary N) is 1. The molecule has 0 bridgehead atoms. The van der Waals surface area contributed by atoms with E-state index in [0.717, 1.165) is 11.0 Å². The Balaban J connectivity index is 1.60. The van der Waals surface area contributed by atoms with E-state index < -0.39 is 54.5 Å². The zero-order chi connectivity index (χ0) is 27.7. The number of carbonyl (C=O) groups is 3. The number of alkyl halides is 2. The van der Waals surface area contributed by atoms with Crippen molar-refractivity contribution in [2.45, 2.75) is 49.7 Å². The quantitative estimate of drug-likeness (QED) is 0.409. The first kappa shape index (κ1) is 26.7. The number of hydrogen-bond acceptors (Lipinski definition) is 3. The van der Waals surface area contributed by atoms with Crippen molar-refractivity contribution >= 4 is 40.7 Å². The van der Waals surface area contributed by atoms with Crippen molar-refractivity contribution in [2.75, 3.05) is 9.80 Å². The van der Waals surface area contributed by atoms with Gasteiger partial charge in [0.25, 0.3) is 11.8 Å². The molecule has 2 atom stereocenters. The fraction of sp³-hybridized carbons (Fsp3) is 0.276. The van der Waals surface area contributed by atoms with Crippen molar-refractivity contribution in [1.29, 1.82) is 0 Å². The standard InChI is InChI=1S/C29H25ClF3N3O3/c30-23-12-5-4-11-22(23)26(27(38)34-19-16-29(32,33)17-19)36(21-10-6-7-18(31)15-21)28(39)24-13-14-25(37)35(24)20-8-2-1-3-9-20/h1-12,15,19,24,26H,13-14,16-17H2,(H,34,38). The Bertz CT molecular complexity index is 1400. The number of amides is 3. The molecule has 3 aromatic carbocycles. The third-order valence-corrected chi connectivity index (χ3v) is 7.34. The van der Waals surface area contributed by atoms with E-state index in [9.17, 15) is 27.6 Å².